The summed E-state index contributed by atoms with van der Waals surface area (Å²) in [5.41, 5.74) is 0. The highest BCUT2D eigenvalue weighted by atomic mass is 15.4. The third-order valence-corrected chi connectivity index (χ3v) is 2.92. The maximum Gasteiger partial charge on any atom is 0.0265 e. The molecule has 0 unspecified atom stereocenters. The zero-order valence-corrected chi connectivity index (χ0v) is 7.00. The van der Waals surface area contributed by atoms with Gasteiger partial charge in [0.25, 0.3) is 0 Å². The molecule has 3 saturated heterocycles. The number of hydrogen-bond donors (Lipinski definition) is 1. The molecule has 0 aromatic carbocycles. The average Bonchev–Trinajstić information content (AvgIpc) is 2.01. The van der Waals surface area contributed by atoms with E-state index in [2.05, 4.69) is 9.91 Å². The fourth-order valence-electron chi connectivity index (χ4n) is 2.13. The Hall–Kier alpha value is -0.120. The van der Waals surface area contributed by atoms with E-state index < -0.39 is 0 Å². The Balaban J connectivity index is 2.00. The minimum absolute atomic E-state index is 0.673. The zero-order valence-electron chi connectivity index (χ0n) is 7.00. The van der Waals surface area contributed by atoms with Gasteiger partial charge < -0.3 is 4.90 Å². The molecule has 2 N–H and O–H groups in total. The van der Waals surface area contributed by atoms with Crippen molar-refractivity contribution < 1.29 is 0 Å². The van der Waals surface area contributed by atoms with Crippen LogP contribution in [-0.2, 0) is 0 Å². The Morgan fingerprint density at radius 2 is 1.73 bits per heavy atom. The molecular weight excluding hydrogens is 138 g/mol. The molecule has 3 rings (SSSR count). The van der Waals surface area contributed by atoms with E-state index in [4.69, 9.17) is 5.84 Å². The number of hydrogen-bond acceptors (Lipinski definition) is 3. The molecule has 64 valence electrons. The van der Waals surface area contributed by atoms with Gasteiger partial charge in [0, 0.05) is 12.6 Å². The summed E-state index contributed by atoms with van der Waals surface area (Å²) in [6.07, 6.45) is 3.79. The van der Waals surface area contributed by atoms with Crippen molar-refractivity contribution in [3.63, 3.8) is 0 Å². The molecule has 0 aromatic rings. The molecule has 0 radical (unpaired) electrons. The molecule has 2 bridgehead atoms. The van der Waals surface area contributed by atoms with Crippen molar-refractivity contribution in [2.75, 3.05) is 26.2 Å². The highest BCUT2D eigenvalue weighted by Gasteiger charge is 2.24. The molecule has 0 atom stereocenters. The second-order valence-electron chi connectivity index (χ2n) is 3.66. The van der Waals surface area contributed by atoms with E-state index in [1.165, 1.54) is 38.9 Å². The molecule has 0 amide bonds. The zero-order chi connectivity index (χ0) is 7.68. The van der Waals surface area contributed by atoms with E-state index >= 15 is 0 Å². The van der Waals surface area contributed by atoms with E-state index in [1.807, 2.05) is 0 Å². The van der Waals surface area contributed by atoms with Gasteiger partial charge in [0.15, 0.2) is 0 Å². The second kappa shape index (κ2) is 3.09. The normalized spacial score (nSPS) is 40.1. The van der Waals surface area contributed by atoms with Gasteiger partial charge in [-0.1, -0.05) is 0 Å². The first-order valence-corrected chi connectivity index (χ1v) is 4.60. The van der Waals surface area contributed by atoms with Gasteiger partial charge in [0.05, 0.1) is 0 Å². The van der Waals surface area contributed by atoms with Crippen molar-refractivity contribution in [1.82, 2.24) is 9.91 Å². The predicted molar refractivity (Wildman–Crippen MR) is 45.0 cm³/mol. The molecule has 0 aliphatic carbocycles. The van der Waals surface area contributed by atoms with Crippen LogP contribution in [-0.4, -0.2) is 42.1 Å². The lowest BCUT2D eigenvalue weighted by molar-refractivity contribution is 0.0758. The molecule has 0 aromatic heterocycles. The van der Waals surface area contributed by atoms with Crippen molar-refractivity contribution in [2.45, 2.75) is 25.3 Å². The van der Waals surface area contributed by atoms with E-state index in [0.29, 0.717) is 6.04 Å². The molecule has 0 spiro atoms. The predicted octanol–water partition coefficient (Wildman–Crippen LogP) is 0.0302. The number of nitrogens with two attached hydrogens (primary N) is 1. The smallest absolute Gasteiger partial charge is 0.0265 e. The van der Waals surface area contributed by atoms with Gasteiger partial charge in [-0.3, -0.25) is 5.84 Å². The Labute approximate surface area is 68.1 Å². The third-order valence-electron chi connectivity index (χ3n) is 2.92. The summed E-state index contributed by atoms with van der Waals surface area (Å²) in [6, 6.07) is 0.673. The quantitative estimate of drug-likeness (QED) is 0.501. The van der Waals surface area contributed by atoms with Crippen LogP contribution in [0.4, 0.5) is 0 Å². The second-order valence-corrected chi connectivity index (χ2v) is 3.66. The van der Waals surface area contributed by atoms with Crippen LogP contribution in [0.3, 0.4) is 0 Å². The SMILES string of the molecule is NN1CCCN2CCC1CC2. The van der Waals surface area contributed by atoms with Crippen molar-refractivity contribution in [3.05, 3.63) is 0 Å². The van der Waals surface area contributed by atoms with Gasteiger partial charge in [-0.15, -0.1) is 0 Å². The number of rotatable bonds is 0. The molecule has 3 heteroatoms. The Morgan fingerprint density at radius 3 is 2.45 bits per heavy atom. The standard InChI is InChI=1S/C8H17N3/c9-11-5-1-4-10-6-2-8(11)3-7-10/h8H,1-7,9H2. The van der Waals surface area contributed by atoms with Crippen molar-refractivity contribution in [1.29, 1.82) is 0 Å². The molecule has 3 aliphatic heterocycles. The summed E-state index contributed by atoms with van der Waals surface area (Å²) in [4.78, 5) is 2.56. The van der Waals surface area contributed by atoms with Crippen LogP contribution in [0.5, 0.6) is 0 Å². The van der Waals surface area contributed by atoms with Crippen LogP contribution in [0.25, 0.3) is 0 Å². The van der Waals surface area contributed by atoms with Crippen molar-refractivity contribution in [2.24, 2.45) is 5.84 Å². The summed E-state index contributed by atoms with van der Waals surface area (Å²) in [6.45, 7) is 4.86. The van der Waals surface area contributed by atoms with E-state index in [0.717, 1.165) is 6.54 Å². The monoisotopic (exact) mass is 155 g/mol. The summed E-state index contributed by atoms with van der Waals surface area (Å²) in [5.74, 6) is 5.90. The number of nitrogens with zero attached hydrogens (tertiary/aromatic N) is 2. The molecule has 3 fully saturated rings. The summed E-state index contributed by atoms with van der Waals surface area (Å²) >= 11 is 0. The fourth-order valence-corrected chi connectivity index (χ4v) is 2.13. The van der Waals surface area contributed by atoms with Crippen molar-refractivity contribution >= 4 is 0 Å². The maximum atomic E-state index is 5.90. The lowest BCUT2D eigenvalue weighted by Crippen LogP contribution is -2.51. The van der Waals surface area contributed by atoms with Crippen LogP contribution in [0, 0.1) is 0 Å². The minimum Gasteiger partial charge on any atom is -0.303 e. The van der Waals surface area contributed by atoms with Gasteiger partial charge in [0.1, 0.15) is 0 Å². The molecular formula is C8H17N3. The summed E-state index contributed by atoms with van der Waals surface area (Å²) < 4.78 is 0. The number of hydrazine groups is 1. The first-order chi connectivity index (χ1) is 5.36. The van der Waals surface area contributed by atoms with Crippen LogP contribution in [0.15, 0.2) is 0 Å². The average molecular weight is 155 g/mol. The largest absolute Gasteiger partial charge is 0.303 e. The molecule has 3 heterocycles. The maximum absolute atomic E-state index is 5.90. The highest BCUT2D eigenvalue weighted by Crippen LogP contribution is 2.17. The fraction of sp³-hybridized carbons (Fsp3) is 1.00. The van der Waals surface area contributed by atoms with Crippen LogP contribution in [0.1, 0.15) is 19.3 Å². The Kier molecular flexibility index (Phi) is 2.11. The minimum atomic E-state index is 0.673. The first kappa shape index (κ1) is 7.53. The highest BCUT2D eigenvalue weighted by molar-refractivity contribution is 4.80. The first-order valence-electron chi connectivity index (χ1n) is 4.60. The van der Waals surface area contributed by atoms with E-state index in [1.54, 1.807) is 0 Å². The van der Waals surface area contributed by atoms with Crippen LogP contribution < -0.4 is 5.84 Å². The van der Waals surface area contributed by atoms with E-state index in [9.17, 15) is 0 Å². The number of fused-ring (bicyclic) bond motifs is 5. The van der Waals surface area contributed by atoms with Gasteiger partial charge in [-0.25, -0.2) is 5.01 Å². The van der Waals surface area contributed by atoms with Gasteiger partial charge in [0.2, 0.25) is 0 Å². The van der Waals surface area contributed by atoms with E-state index in [-0.39, 0.29) is 0 Å². The number of piperidine rings is 1. The van der Waals surface area contributed by atoms with Crippen LogP contribution in [0.2, 0.25) is 0 Å². The van der Waals surface area contributed by atoms with Gasteiger partial charge >= 0.3 is 0 Å². The van der Waals surface area contributed by atoms with Crippen LogP contribution >= 0.6 is 0 Å². The Bertz CT molecular complexity index is 127. The van der Waals surface area contributed by atoms with Gasteiger partial charge in [-0.2, -0.15) is 0 Å². The third kappa shape index (κ3) is 1.55. The molecule has 11 heavy (non-hydrogen) atoms. The van der Waals surface area contributed by atoms with Gasteiger partial charge in [-0.05, 0) is 38.9 Å². The summed E-state index contributed by atoms with van der Waals surface area (Å²) in [5, 5.41) is 2.05. The van der Waals surface area contributed by atoms with Crippen molar-refractivity contribution in [3.8, 4) is 0 Å². The lowest BCUT2D eigenvalue weighted by atomic mass is 10.0. The molecule has 3 aliphatic rings. The Morgan fingerprint density at radius 1 is 1.00 bits per heavy atom. The topological polar surface area (TPSA) is 32.5 Å². The molecule has 0 saturated carbocycles. The lowest BCUT2D eigenvalue weighted by Gasteiger charge is -2.39. The summed E-state index contributed by atoms with van der Waals surface area (Å²) in [7, 11) is 0. The molecule has 3 nitrogen and oxygen atoms in total.